The van der Waals surface area contributed by atoms with Crippen LogP contribution in [0, 0.1) is 23.7 Å². The zero-order valence-electron chi connectivity index (χ0n) is 10.7. The number of nitriles is 1. The van der Waals surface area contributed by atoms with Crippen LogP contribution in [0.2, 0.25) is 0 Å². The van der Waals surface area contributed by atoms with Crippen LogP contribution in [-0.2, 0) is 6.54 Å². The van der Waals surface area contributed by atoms with E-state index in [2.05, 4.69) is 49.2 Å². The van der Waals surface area contributed by atoms with Crippen LogP contribution in [0.1, 0.15) is 30.4 Å². The summed E-state index contributed by atoms with van der Waals surface area (Å²) in [7, 11) is 2.15. The summed E-state index contributed by atoms with van der Waals surface area (Å²) in [5, 5.41) is 8.81. The molecule has 2 heteroatoms. The third-order valence-corrected chi connectivity index (χ3v) is 3.59. The minimum absolute atomic E-state index is 0.314. The maximum Gasteiger partial charge on any atom is 0.0628 e. The van der Waals surface area contributed by atoms with Gasteiger partial charge in [-0.15, -0.1) is 0 Å². The Labute approximate surface area is 104 Å². The summed E-state index contributed by atoms with van der Waals surface area (Å²) in [4.78, 5) is 2.34. The van der Waals surface area contributed by atoms with Crippen molar-refractivity contribution in [3.05, 3.63) is 35.4 Å². The molecule has 0 radical (unpaired) electrons. The lowest BCUT2D eigenvalue weighted by Crippen LogP contribution is -2.26. The van der Waals surface area contributed by atoms with Crippen molar-refractivity contribution in [1.29, 1.82) is 5.26 Å². The molecule has 2 nitrogen and oxygen atoms in total. The van der Waals surface area contributed by atoms with E-state index in [0.717, 1.165) is 13.1 Å². The quantitative estimate of drug-likeness (QED) is 0.774. The highest BCUT2D eigenvalue weighted by atomic mass is 15.1. The Hall–Kier alpha value is -1.33. The van der Waals surface area contributed by atoms with E-state index in [1.54, 1.807) is 0 Å². The highest BCUT2D eigenvalue weighted by Crippen LogP contribution is 2.49. The molecule has 17 heavy (non-hydrogen) atoms. The average Bonchev–Trinajstić information content (AvgIpc) is 3.02. The van der Waals surface area contributed by atoms with Crippen LogP contribution in [0.5, 0.6) is 0 Å². The molecule has 0 unspecified atom stereocenters. The van der Waals surface area contributed by atoms with E-state index in [0.29, 0.717) is 11.8 Å². The second-order valence-corrected chi connectivity index (χ2v) is 5.49. The summed E-state index contributed by atoms with van der Waals surface area (Å²) in [6, 6.07) is 11.0. The van der Waals surface area contributed by atoms with Crippen LogP contribution in [0.4, 0.5) is 0 Å². The first-order valence-corrected chi connectivity index (χ1v) is 6.25. The van der Waals surface area contributed by atoms with Crippen molar-refractivity contribution in [2.45, 2.75) is 32.7 Å². The summed E-state index contributed by atoms with van der Waals surface area (Å²) in [6.45, 7) is 4.14. The van der Waals surface area contributed by atoms with Crippen LogP contribution in [-0.4, -0.2) is 18.5 Å². The fourth-order valence-electron chi connectivity index (χ4n) is 2.37. The zero-order valence-corrected chi connectivity index (χ0v) is 10.7. The van der Waals surface area contributed by atoms with Crippen LogP contribution < -0.4 is 0 Å². The molecule has 0 bridgehead atoms. The number of hydrogen-bond acceptors (Lipinski definition) is 2. The van der Waals surface area contributed by atoms with Crippen LogP contribution >= 0.6 is 0 Å². The minimum Gasteiger partial charge on any atom is -0.302 e. The number of nitrogens with zero attached hydrogens (tertiary/aromatic N) is 2. The number of aryl methyl sites for hydroxylation is 1. The number of hydrogen-bond donors (Lipinski definition) is 0. The monoisotopic (exact) mass is 228 g/mol. The Morgan fingerprint density at radius 2 is 1.94 bits per heavy atom. The molecule has 2 rings (SSSR count). The SMILES string of the molecule is Cc1ccc(CN(C)CC2(CC#N)CC2)cc1. The highest BCUT2D eigenvalue weighted by molar-refractivity contribution is 5.21. The maximum absolute atomic E-state index is 8.81. The molecule has 1 aromatic rings. The third-order valence-electron chi connectivity index (χ3n) is 3.59. The Morgan fingerprint density at radius 3 is 2.47 bits per heavy atom. The lowest BCUT2D eigenvalue weighted by molar-refractivity contribution is 0.257. The van der Waals surface area contributed by atoms with Crippen molar-refractivity contribution < 1.29 is 0 Å². The molecule has 0 spiro atoms. The van der Waals surface area contributed by atoms with Crippen molar-refractivity contribution in [3.63, 3.8) is 0 Å². The molecule has 1 aromatic carbocycles. The van der Waals surface area contributed by atoms with Gasteiger partial charge in [0, 0.05) is 19.5 Å². The van der Waals surface area contributed by atoms with Gasteiger partial charge in [-0.3, -0.25) is 0 Å². The van der Waals surface area contributed by atoms with E-state index in [4.69, 9.17) is 5.26 Å². The smallest absolute Gasteiger partial charge is 0.0628 e. The Morgan fingerprint density at radius 1 is 1.29 bits per heavy atom. The topological polar surface area (TPSA) is 27.0 Å². The second kappa shape index (κ2) is 4.89. The molecule has 1 saturated carbocycles. The summed E-state index contributed by atoms with van der Waals surface area (Å²) in [5.41, 5.74) is 2.97. The average molecular weight is 228 g/mol. The van der Waals surface area contributed by atoms with Crippen LogP contribution in [0.25, 0.3) is 0 Å². The van der Waals surface area contributed by atoms with Gasteiger partial charge in [0.05, 0.1) is 6.07 Å². The van der Waals surface area contributed by atoms with Gasteiger partial charge in [0.15, 0.2) is 0 Å². The summed E-state index contributed by atoms with van der Waals surface area (Å²) in [6.07, 6.45) is 3.16. The molecule has 90 valence electrons. The van der Waals surface area contributed by atoms with E-state index in [9.17, 15) is 0 Å². The van der Waals surface area contributed by atoms with Crippen LogP contribution in [0.3, 0.4) is 0 Å². The first-order valence-electron chi connectivity index (χ1n) is 6.25. The molecule has 0 N–H and O–H groups in total. The second-order valence-electron chi connectivity index (χ2n) is 5.49. The van der Waals surface area contributed by atoms with Gasteiger partial charge in [-0.25, -0.2) is 0 Å². The van der Waals surface area contributed by atoms with E-state index in [1.165, 1.54) is 24.0 Å². The highest BCUT2D eigenvalue weighted by Gasteiger charge is 2.42. The van der Waals surface area contributed by atoms with Gasteiger partial charge in [-0.1, -0.05) is 29.8 Å². The van der Waals surface area contributed by atoms with E-state index >= 15 is 0 Å². The first-order chi connectivity index (χ1) is 8.13. The van der Waals surface area contributed by atoms with E-state index in [1.807, 2.05) is 0 Å². The molecule has 1 aliphatic carbocycles. The molecule has 0 saturated heterocycles. The molecular formula is C15H20N2. The maximum atomic E-state index is 8.81. The van der Waals surface area contributed by atoms with Crippen molar-refractivity contribution in [3.8, 4) is 6.07 Å². The van der Waals surface area contributed by atoms with Gasteiger partial charge < -0.3 is 4.90 Å². The summed E-state index contributed by atoms with van der Waals surface area (Å²) in [5.74, 6) is 0. The molecule has 0 aromatic heterocycles. The van der Waals surface area contributed by atoms with Gasteiger partial charge >= 0.3 is 0 Å². The lowest BCUT2D eigenvalue weighted by Gasteiger charge is -2.22. The molecule has 0 atom stereocenters. The van der Waals surface area contributed by atoms with Gasteiger partial charge in [-0.05, 0) is 37.8 Å². The van der Waals surface area contributed by atoms with Gasteiger partial charge in [-0.2, -0.15) is 5.26 Å². The standard InChI is InChI=1S/C15H20N2/c1-13-3-5-14(6-4-13)11-17(2)12-15(7-8-15)9-10-16/h3-6H,7-9,11-12H2,1-2H3. The predicted octanol–water partition coefficient (Wildman–Crippen LogP) is 3.12. The lowest BCUT2D eigenvalue weighted by atomic mass is 10.0. The van der Waals surface area contributed by atoms with Gasteiger partial charge in [0.25, 0.3) is 0 Å². The van der Waals surface area contributed by atoms with E-state index in [-0.39, 0.29) is 0 Å². The number of benzene rings is 1. The molecule has 1 fully saturated rings. The zero-order chi connectivity index (χ0) is 12.3. The summed E-state index contributed by atoms with van der Waals surface area (Å²) >= 11 is 0. The molecule has 0 aliphatic heterocycles. The fourth-order valence-corrected chi connectivity index (χ4v) is 2.37. The Balaban J connectivity index is 1.87. The molecule has 0 heterocycles. The molecule has 0 amide bonds. The predicted molar refractivity (Wildman–Crippen MR) is 69.4 cm³/mol. The van der Waals surface area contributed by atoms with E-state index < -0.39 is 0 Å². The number of rotatable bonds is 5. The fraction of sp³-hybridized carbons (Fsp3) is 0.533. The largest absolute Gasteiger partial charge is 0.302 e. The minimum atomic E-state index is 0.314. The first kappa shape index (κ1) is 12.1. The normalized spacial score (nSPS) is 16.8. The van der Waals surface area contributed by atoms with Gasteiger partial charge in [0.1, 0.15) is 0 Å². The van der Waals surface area contributed by atoms with Crippen molar-refractivity contribution >= 4 is 0 Å². The summed E-state index contributed by atoms with van der Waals surface area (Å²) < 4.78 is 0. The molecular weight excluding hydrogens is 208 g/mol. The van der Waals surface area contributed by atoms with Crippen molar-refractivity contribution in [1.82, 2.24) is 4.90 Å². The van der Waals surface area contributed by atoms with Gasteiger partial charge in [0.2, 0.25) is 0 Å². The van der Waals surface area contributed by atoms with Crippen molar-refractivity contribution in [2.75, 3.05) is 13.6 Å². The molecule has 1 aliphatic rings. The van der Waals surface area contributed by atoms with Crippen LogP contribution in [0.15, 0.2) is 24.3 Å². The third kappa shape index (κ3) is 3.31. The Bertz CT molecular complexity index is 410. The van der Waals surface area contributed by atoms with Crippen molar-refractivity contribution in [2.24, 2.45) is 5.41 Å². The Kier molecular flexibility index (Phi) is 3.49.